The highest BCUT2D eigenvalue weighted by Crippen LogP contribution is 2.24. The smallest absolute Gasteiger partial charge is 0.225 e. The number of nitrogens with two attached hydrogens (primary N) is 1. The second-order valence-corrected chi connectivity index (χ2v) is 7.88. The Morgan fingerprint density at radius 3 is 2.62 bits per heavy atom. The maximum atomic E-state index is 6.21. The average Bonchev–Trinajstić information content (AvgIpc) is 3.58. The molecular formula is C22H23N9O. The number of pyridine rings is 1. The van der Waals surface area contributed by atoms with Crippen molar-refractivity contribution in [2.75, 3.05) is 43.4 Å². The second-order valence-electron chi connectivity index (χ2n) is 7.88. The van der Waals surface area contributed by atoms with Gasteiger partial charge in [0.25, 0.3) is 0 Å². The summed E-state index contributed by atoms with van der Waals surface area (Å²) in [4.78, 5) is 18.5. The van der Waals surface area contributed by atoms with Gasteiger partial charge in [0.2, 0.25) is 11.8 Å². The van der Waals surface area contributed by atoms with Crippen molar-refractivity contribution in [2.45, 2.75) is 6.54 Å². The van der Waals surface area contributed by atoms with Gasteiger partial charge in [-0.1, -0.05) is 6.07 Å². The number of nitrogen functional groups attached to an aromatic ring is 1. The van der Waals surface area contributed by atoms with E-state index in [9.17, 15) is 0 Å². The molecule has 2 N–H and O–H groups in total. The summed E-state index contributed by atoms with van der Waals surface area (Å²) in [5.74, 6) is 2.45. The van der Waals surface area contributed by atoms with Gasteiger partial charge in [0.15, 0.2) is 11.4 Å². The van der Waals surface area contributed by atoms with E-state index >= 15 is 0 Å². The molecule has 0 unspecified atom stereocenters. The minimum atomic E-state index is 0.307. The molecule has 162 valence electrons. The minimum Gasteiger partial charge on any atom is -0.461 e. The van der Waals surface area contributed by atoms with Crippen molar-refractivity contribution in [2.24, 2.45) is 0 Å². The largest absolute Gasteiger partial charge is 0.461 e. The summed E-state index contributed by atoms with van der Waals surface area (Å²) in [5, 5.41) is 5.38. The van der Waals surface area contributed by atoms with Crippen molar-refractivity contribution in [3.8, 4) is 11.6 Å². The quantitative estimate of drug-likeness (QED) is 0.453. The first-order valence-corrected chi connectivity index (χ1v) is 10.7. The van der Waals surface area contributed by atoms with Crippen LogP contribution < -0.4 is 10.6 Å². The summed E-state index contributed by atoms with van der Waals surface area (Å²) in [6.07, 6.45) is 5.49. The van der Waals surface area contributed by atoms with Gasteiger partial charge in [-0.2, -0.15) is 9.50 Å². The van der Waals surface area contributed by atoms with Crippen LogP contribution in [0.25, 0.3) is 28.3 Å². The van der Waals surface area contributed by atoms with Crippen LogP contribution in [0.1, 0.15) is 0 Å². The van der Waals surface area contributed by atoms with Crippen LogP contribution in [0.3, 0.4) is 0 Å². The molecule has 0 bridgehead atoms. The van der Waals surface area contributed by atoms with Crippen LogP contribution in [-0.4, -0.2) is 66.8 Å². The molecule has 6 heterocycles. The maximum Gasteiger partial charge on any atom is 0.225 e. The summed E-state index contributed by atoms with van der Waals surface area (Å²) in [5.41, 5.74) is 7.71. The first-order valence-electron chi connectivity index (χ1n) is 10.7. The van der Waals surface area contributed by atoms with Crippen LogP contribution in [0.2, 0.25) is 0 Å². The summed E-state index contributed by atoms with van der Waals surface area (Å²) in [6.45, 7) is 5.74. The molecule has 0 spiro atoms. The van der Waals surface area contributed by atoms with Gasteiger partial charge in [-0.3, -0.25) is 4.90 Å². The summed E-state index contributed by atoms with van der Waals surface area (Å²) in [6, 6.07) is 11.7. The average molecular weight is 429 g/mol. The molecule has 0 radical (unpaired) electrons. The Bertz CT molecular complexity index is 1350. The van der Waals surface area contributed by atoms with E-state index in [0.717, 1.165) is 56.1 Å². The third kappa shape index (κ3) is 3.25. The van der Waals surface area contributed by atoms with Crippen molar-refractivity contribution in [3.05, 3.63) is 55.1 Å². The lowest BCUT2D eigenvalue weighted by Crippen LogP contribution is -2.47. The van der Waals surface area contributed by atoms with Crippen LogP contribution in [0.15, 0.2) is 59.5 Å². The Labute approximate surface area is 183 Å². The highest BCUT2D eigenvalue weighted by atomic mass is 16.3. The van der Waals surface area contributed by atoms with Crippen molar-refractivity contribution in [1.29, 1.82) is 0 Å². The third-order valence-electron chi connectivity index (χ3n) is 5.96. The molecule has 32 heavy (non-hydrogen) atoms. The molecule has 1 aliphatic rings. The maximum absolute atomic E-state index is 6.21. The van der Waals surface area contributed by atoms with Crippen LogP contribution in [0.5, 0.6) is 0 Å². The zero-order valence-electron chi connectivity index (χ0n) is 17.5. The minimum absolute atomic E-state index is 0.307. The van der Waals surface area contributed by atoms with E-state index in [1.54, 1.807) is 10.8 Å². The molecule has 5 aromatic rings. The Morgan fingerprint density at radius 1 is 0.938 bits per heavy atom. The van der Waals surface area contributed by atoms with Gasteiger partial charge in [0, 0.05) is 51.7 Å². The predicted molar refractivity (Wildman–Crippen MR) is 121 cm³/mol. The molecule has 6 rings (SSSR count). The van der Waals surface area contributed by atoms with E-state index in [1.165, 1.54) is 0 Å². The summed E-state index contributed by atoms with van der Waals surface area (Å²) < 4.78 is 9.14. The highest BCUT2D eigenvalue weighted by molar-refractivity contribution is 5.91. The van der Waals surface area contributed by atoms with Gasteiger partial charge in [-0.05, 0) is 30.3 Å². The van der Waals surface area contributed by atoms with E-state index in [4.69, 9.17) is 10.2 Å². The number of furan rings is 1. The molecule has 0 aromatic carbocycles. The van der Waals surface area contributed by atoms with E-state index in [1.807, 2.05) is 42.7 Å². The zero-order valence-corrected chi connectivity index (χ0v) is 17.5. The second kappa shape index (κ2) is 7.65. The van der Waals surface area contributed by atoms with Gasteiger partial charge < -0.3 is 19.6 Å². The fraction of sp³-hybridized carbons (Fsp3) is 0.273. The monoisotopic (exact) mass is 429 g/mol. The third-order valence-corrected chi connectivity index (χ3v) is 5.96. The van der Waals surface area contributed by atoms with Crippen LogP contribution in [-0.2, 0) is 6.54 Å². The molecule has 10 heteroatoms. The summed E-state index contributed by atoms with van der Waals surface area (Å²) in [7, 11) is 0. The number of anilines is 2. The number of hydrogen-bond acceptors (Lipinski definition) is 8. The first kappa shape index (κ1) is 18.8. The van der Waals surface area contributed by atoms with Gasteiger partial charge >= 0.3 is 0 Å². The fourth-order valence-corrected chi connectivity index (χ4v) is 4.25. The van der Waals surface area contributed by atoms with Crippen LogP contribution in [0.4, 0.5) is 11.8 Å². The lowest BCUT2D eigenvalue weighted by molar-refractivity contribution is 0.248. The molecule has 10 nitrogen and oxygen atoms in total. The fourth-order valence-electron chi connectivity index (χ4n) is 4.25. The lowest BCUT2D eigenvalue weighted by Gasteiger charge is -2.35. The lowest BCUT2D eigenvalue weighted by atomic mass is 10.3. The van der Waals surface area contributed by atoms with Crippen molar-refractivity contribution in [1.82, 2.24) is 34.0 Å². The standard InChI is InChI=1S/C22H23N9O/c23-22-26-20-16(21-25-19(27-31(21)22)17-4-3-15-32-17)6-8-30(20)14-11-28-9-12-29(13-10-28)18-5-1-2-7-24-18/h1-8,15H,9-14H2,(H2,23,26). The molecule has 1 fully saturated rings. The predicted octanol–water partition coefficient (Wildman–Crippen LogP) is 2.14. The molecule has 0 saturated carbocycles. The Kier molecular flexibility index (Phi) is 4.50. The molecule has 0 atom stereocenters. The van der Waals surface area contributed by atoms with E-state index < -0.39 is 0 Å². The van der Waals surface area contributed by atoms with Crippen LogP contribution >= 0.6 is 0 Å². The van der Waals surface area contributed by atoms with Gasteiger partial charge in [-0.15, -0.1) is 5.10 Å². The normalized spacial score (nSPS) is 15.2. The van der Waals surface area contributed by atoms with E-state index in [0.29, 0.717) is 23.2 Å². The Balaban J connectivity index is 1.19. The molecule has 5 aromatic heterocycles. The molecule has 0 amide bonds. The molecule has 1 saturated heterocycles. The highest BCUT2D eigenvalue weighted by Gasteiger charge is 2.19. The van der Waals surface area contributed by atoms with Gasteiger partial charge in [-0.25, -0.2) is 9.97 Å². The Morgan fingerprint density at radius 2 is 1.84 bits per heavy atom. The van der Waals surface area contributed by atoms with E-state index in [2.05, 4.69) is 40.5 Å². The zero-order chi connectivity index (χ0) is 21.5. The number of piperazine rings is 1. The number of fused-ring (bicyclic) bond motifs is 3. The van der Waals surface area contributed by atoms with Gasteiger partial charge in [0.1, 0.15) is 11.5 Å². The number of hydrogen-bond donors (Lipinski definition) is 1. The summed E-state index contributed by atoms with van der Waals surface area (Å²) >= 11 is 0. The molecule has 1 aliphatic heterocycles. The topological polar surface area (TPSA) is 107 Å². The number of nitrogens with zero attached hydrogens (tertiary/aromatic N) is 8. The van der Waals surface area contributed by atoms with Crippen molar-refractivity contribution in [3.63, 3.8) is 0 Å². The molecule has 0 aliphatic carbocycles. The van der Waals surface area contributed by atoms with Crippen molar-refractivity contribution >= 4 is 28.4 Å². The molecular weight excluding hydrogens is 406 g/mol. The SMILES string of the molecule is Nc1nc2c(ccn2CCN2CCN(c3ccccn3)CC2)c2nc(-c3ccco3)nn12. The number of aromatic nitrogens is 6. The van der Waals surface area contributed by atoms with E-state index in [-0.39, 0.29) is 0 Å². The van der Waals surface area contributed by atoms with Crippen LogP contribution in [0, 0.1) is 0 Å². The van der Waals surface area contributed by atoms with Gasteiger partial charge in [0.05, 0.1) is 11.6 Å². The van der Waals surface area contributed by atoms with Crippen molar-refractivity contribution < 1.29 is 4.42 Å². The number of rotatable bonds is 5. The first-order chi connectivity index (χ1) is 15.8. The Hall–Kier alpha value is -3.92.